The molecule has 146 valence electrons. The second kappa shape index (κ2) is 10.4. The highest BCUT2D eigenvalue weighted by Gasteiger charge is 2.33. The van der Waals surface area contributed by atoms with Gasteiger partial charge in [-0.25, -0.2) is 9.97 Å². The quantitative estimate of drug-likeness (QED) is 0.513. The van der Waals surface area contributed by atoms with Gasteiger partial charge in [0.1, 0.15) is 5.82 Å². The van der Waals surface area contributed by atoms with E-state index in [1.54, 1.807) is 0 Å². The summed E-state index contributed by atoms with van der Waals surface area (Å²) >= 11 is 0. The standard InChI is InChI=1S/C24H40N2/c1-3-5-9-20-12-14-22(15-13-20)23(21-10-7-6-8-11-21)16-24-25-17-19(4-2)18-26-24/h17-18,20-23H,3-16H2,1-2H3. The SMILES string of the molecule is CCCCC1CCC(C(Cc2ncc(CC)cn2)C2CCCCC2)CC1. The van der Waals surface area contributed by atoms with Crippen molar-refractivity contribution in [3.05, 3.63) is 23.8 Å². The fourth-order valence-corrected chi connectivity index (χ4v) is 5.56. The molecule has 3 rings (SSSR count). The van der Waals surface area contributed by atoms with Crippen molar-refractivity contribution in [3.8, 4) is 0 Å². The third-order valence-corrected chi connectivity index (χ3v) is 7.30. The second-order valence-corrected chi connectivity index (χ2v) is 9.05. The van der Waals surface area contributed by atoms with Crippen LogP contribution < -0.4 is 0 Å². The summed E-state index contributed by atoms with van der Waals surface area (Å²) in [5, 5.41) is 0. The molecule has 1 aromatic heterocycles. The Morgan fingerprint density at radius 2 is 1.54 bits per heavy atom. The maximum atomic E-state index is 4.72. The van der Waals surface area contributed by atoms with Crippen molar-refractivity contribution < 1.29 is 0 Å². The first-order valence-electron chi connectivity index (χ1n) is 11.6. The Hall–Kier alpha value is -0.920. The molecular weight excluding hydrogens is 316 g/mol. The van der Waals surface area contributed by atoms with E-state index in [9.17, 15) is 0 Å². The van der Waals surface area contributed by atoms with Gasteiger partial charge in [-0.1, -0.05) is 78.1 Å². The molecule has 2 aliphatic carbocycles. The zero-order valence-corrected chi connectivity index (χ0v) is 17.3. The van der Waals surface area contributed by atoms with Gasteiger partial charge >= 0.3 is 0 Å². The molecule has 1 aromatic rings. The smallest absolute Gasteiger partial charge is 0.128 e. The Bertz CT molecular complexity index is 495. The summed E-state index contributed by atoms with van der Waals surface area (Å²) in [6, 6.07) is 0. The molecule has 2 nitrogen and oxygen atoms in total. The van der Waals surface area contributed by atoms with Crippen molar-refractivity contribution in [2.45, 2.75) is 104 Å². The fraction of sp³-hybridized carbons (Fsp3) is 0.833. The maximum absolute atomic E-state index is 4.72. The lowest BCUT2D eigenvalue weighted by Gasteiger charge is -2.39. The van der Waals surface area contributed by atoms with Gasteiger partial charge in [0, 0.05) is 18.8 Å². The van der Waals surface area contributed by atoms with Gasteiger partial charge in [-0.2, -0.15) is 0 Å². The van der Waals surface area contributed by atoms with E-state index in [1.165, 1.54) is 82.6 Å². The minimum Gasteiger partial charge on any atom is -0.241 e. The predicted molar refractivity (Wildman–Crippen MR) is 110 cm³/mol. The molecule has 1 heterocycles. The summed E-state index contributed by atoms with van der Waals surface area (Å²) in [6.45, 7) is 4.51. The molecule has 26 heavy (non-hydrogen) atoms. The van der Waals surface area contributed by atoms with Crippen LogP contribution in [0.2, 0.25) is 0 Å². The molecule has 0 spiro atoms. The summed E-state index contributed by atoms with van der Waals surface area (Å²) in [5.41, 5.74) is 1.26. The van der Waals surface area contributed by atoms with Crippen molar-refractivity contribution in [1.82, 2.24) is 9.97 Å². The fourth-order valence-electron chi connectivity index (χ4n) is 5.56. The van der Waals surface area contributed by atoms with E-state index >= 15 is 0 Å². The number of rotatable bonds is 8. The van der Waals surface area contributed by atoms with Crippen molar-refractivity contribution in [2.24, 2.45) is 23.7 Å². The molecule has 0 N–H and O–H groups in total. The zero-order valence-electron chi connectivity index (χ0n) is 17.3. The van der Waals surface area contributed by atoms with Gasteiger partial charge in [0.25, 0.3) is 0 Å². The third kappa shape index (κ3) is 5.54. The van der Waals surface area contributed by atoms with E-state index in [2.05, 4.69) is 26.2 Å². The molecular formula is C24H40N2. The van der Waals surface area contributed by atoms with Gasteiger partial charge in [-0.15, -0.1) is 0 Å². The maximum Gasteiger partial charge on any atom is 0.128 e. The summed E-state index contributed by atoms with van der Waals surface area (Å²) < 4.78 is 0. The lowest BCUT2D eigenvalue weighted by molar-refractivity contribution is 0.121. The van der Waals surface area contributed by atoms with Crippen molar-refractivity contribution in [1.29, 1.82) is 0 Å². The van der Waals surface area contributed by atoms with Crippen LogP contribution in [-0.4, -0.2) is 9.97 Å². The third-order valence-electron chi connectivity index (χ3n) is 7.30. The van der Waals surface area contributed by atoms with Gasteiger partial charge in [0.2, 0.25) is 0 Å². The van der Waals surface area contributed by atoms with Gasteiger partial charge < -0.3 is 0 Å². The van der Waals surface area contributed by atoms with E-state index in [4.69, 9.17) is 9.97 Å². The summed E-state index contributed by atoms with van der Waals surface area (Å²) in [6.07, 6.45) is 23.7. The molecule has 2 fully saturated rings. The molecule has 0 saturated heterocycles. The second-order valence-electron chi connectivity index (χ2n) is 9.05. The molecule has 2 heteroatoms. The number of unbranched alkanes of at least 4 members (excludes halogenated alkanes) is 1. The van der Waals surface area contributed by atoms with E-state index < -0.39 is 0 Å². The average molecular weight is 357 g/mol. The lowest BCUT2D eigenvalue weighted by Crippen LogP contribution is -2.31. The summed E-state index contributed by atoms with van der Waals surface area (Å²) in [7, 11) is 0. The Kier molecular flexibility index (Phi) is 7.95. The van der Waals surface area contributed by atoms with Gasteiger partial charge in [0.05, 0.1) is 0 Å². The van der Waals surface area contributed by atoms with E-state index in [1.807, 2.05) is 0 Å². The molecule has 0 amide bonds. The van der Waals surface area contributed by atoms with Crippen molar-refractivity contribution in [3.63, 3.8) is 0 Å². The highest BCUT2D eigenvalue weighted by molar-refractivity contribution is 5.05. The molecule has 0 aromatic carbocycles. The number of hydrogen-bond acceptors (Lipinski definition) is 2. The first kappa shape index (κ1) is 19.8. The Balaban J connectivity index is 1.63. The zero-order chi connectivity index (χ0) is 18.2. The lowest BCUT2D eigenvalue weighted by atomic mass is 9.66. The van der Waals surface area contributed by atoms with Crippen LogP contribution >= 0.6 is 0 Å². The van der Waals surface area contributed by atoms with Crippen LogP contribution in [0.1, 0.15) is 102 Å². The number of nitrogens with zero attached hydrogens (tertiary/aromatic N) is 2. The number of hydrogen-bond donors (Lipinski definition) is 0. The molecule has 0 radical (unpaired) electrons. The predicted octanol–water partition coefficient (Wildman–Crippen LogP) is 6.77. The highest BCUT2D eigenvalue weighted by Crippen LogP contribution is 2.43. The van der Waals surface area contributed by atoms with Crippen LogP contribution in [0.5, 0.6) is 0 Å². The van der Waals surface area contributed by atoms with E-state index in [-0.39, 0.29) is 0 Å². The summed E-state index contributed by atoms with van der Waals surface area (Å²) in [5.74, 6) is 4.79. The minimum absolute atomic E-state index is 0.829. The van der Waals surface area contributed by atoms with Gasteiger partial charge in [-0.05, 0) is 48.5 Å². The topological polar surface area (TPSA) is 25.8 Å². The molecule has 1 unspecified atom stereocenters. The Morgan fingerprint density at radius 3 is 2.15 bits per heavy atom. The Morgan fingerprint density at radius 1 is 0.885 bits per heavy atom. The minimum atomic E-state index is 0.829. The summed E-state index contributed by atoms with van der Waals surface area (Å²) in [4.78, 5) is 9.45. The number of aryl methyl sites for hydroxylation is 1. The highest BCUT2D eigenvalue weighted by atomic mass is 14.9. The van der Waals surface area contributed by atoms with E-state index in [0.29, 0.717) is 0 Å². The average Bonchev–Trinajstić information content (AvgIpc) is 2.72. The molecule has 2 aliphatic rings. The van der Waals surface area contributed by atoms with E-state index in [0.717, 1.165) is 42.3 Å². The van der Waals surface area contributed by atoms with Gasteiger partial charge in [0.15, 0.2) is 0 Å². The van der Waals surface area contributed by atoms with Crippen LogP contribution in [-0.2, 0) is 12.8 Å². The molecule has 0 bridgehead atoms. The Labute approximate surface area is 161 Å². The number of aromatic nitrogens is 2. The van der Waals surface area contributed by atoms with Crippen LogP contribution in [0.3, 0.4) is 0 Å². The van der Waals surface area contributed by atoms with Crippen molar-refractivity contribution >= 4 is 0 Å². The van der Waals surface area contributed by atoms with Crippen LogP contribution in [0.25, 0.3) is 0 Å². The van der Waals surface area contributed by atoms with Crippen LogP contribution in [0.4, 0.5) is 0 Å². The van der Waals surface area contributed by atoms with Crippen LogP contribution in [0, 0.1) is 23.7 Å². The normalized spacial score (nSPS) is 25.9. The van der Waals surface area contributed by atoms with Gasteiger partial charge in [-0.3, -0.25) is 0 Å². The monoisotopic (exact) mass is 356 g/mol. The largest absolute Gasteiger partial charge is 0.241 e. The molecule has 1 atom stereocenters. The van der Waals surface area contributed by atoms with Crippen molar-refractivity contribution in [2.75, 3.05) is 0 Å². The van der Waals surface area contributed by atoms with Crippen LogP contribution in [0.15, 0.2) is 12.4 Å². The first-order chi connectivity index (χ1) is 12.8. The molecule has 0 aliphatic heterocycles. The first-order valence-corrected chi connectivity index (χ1v) is 11.6. The molecule has 2 saturated carbocycles.